The summed E-state index contributed by atoms with van der Waals surface area (Å²) in [5, 5.41) is 0.775. The topological polar surface area (TPSA) is 29.3 Å². The van der Waals surface area contributed by atoms with Crippen LogP contribution in [-0.4, -0.2) is 13.1 Å². The third kappa shape index (κ3) is 2.27. The molecule has 1 aliphatic heterocycles. The van der Waals surface area contributed by atoms with Gasteiger partial charge < -0.3 is 10.6 Å². The summed E-state index contributed by atoms with van der Waals surface area (Å²) in [4.78, 5) is 2.34. The number of nitrogen functional groups attached to an aromatic ring is 1. The maximum Gasteiger partial charge on any atom is 0.0789 e. The standard InChI is InChI=1S/C13H19ClN2/c1-2-10-5-4-8-16(9-10)13-11(14)6-3-7-12(13)15/h3,6-7,10H,2,4-5,8-9,15H2,1H3. The molecule has 88 valence electrons. The second-order valence-corrected chi connectivity index (χ2v) is 4.95. The predicted octanol–water partition coefficient (Wildman–Crippen LogP) is 3.55. The maximum absolute atomic E-state index is 6.23. The van der Waals surface area contributed by atoms with Crippen LogP contribution in [0.1, 0.15) is 26.2 Å². The van der Waals surface area contributed by atoms with Crippen molar-refractivity contribution in [2.24, 2.45) is 5.92 Å². The zero-order chi connectivity index (χ0) is 11.5. The van der Waals surface area contributed by atoms with Crippen molar-refractivity contribution in [3.63, 3.8) is 0 Å². The second-order valence-electron chi connectivity index (χ2n) is 4.54. The van der Waals surface area contributed by atoms with Gasteiger partial charge in [0.05, 0.1) is 16.4 Å². The van der Waals surface area contributed by atoms with Gasteiger partial charge in [-0.3, -0.25) is 0 Å². The summed E-state index contributed by atoms with van der Waals surface area (Å²) in [5.41, 5.74) is 7.84. The smallest absolute Gasteiger partial charge is 0.0789 e. The Morgan fingerprint density at radius 3 is 3.00 bits per heavy atom. The third-order valence-electron chi connectivity index (χ3n) is 3.43. The van der Waals surface area contributed by atoms with Gasteiger partial charge >= 0.3 is 0 Å². The van der Waals surface area contributed by atoms with E-state index in [1.54, 1.807) is 0 Å². The van der Waals surface area contributed by atoms with Gasteiger partial charge in [0.2, 0.25) is 0 Å². The molecule has 0 spiro atoms. The quantitative estimate of drug-likeness (QED) is 0.799. The predicted molar refractivity (Wildman–Crippen MR) is 71.1 cm³/mol. The highest BCUT2D eigenvalue weighted by atomic mass is 35.5. The lowest BCUT2D eigenvalue weighted by atomic mass is 9.95. The van der Waals surface area contributed by atoms with Crippen LogP contribution in [0.3, 0.4) is 0 Å². The van der Waals surface area contributed by atoms with Gasteiger partial charge in [0.1, 0.15) is 0 Å². The lowest BCUT2D eigenvalue weighted by molar-refractivity contribution is 0.405. The Hall–Kier alpha value is -0.890. The molecule has 0 saturated carbocycles. The van der Waals surface area contributed by atoms with Crippen LogP contribution in [0.4, 0.5) is 11.4 Å². The minimum absolute atomic E-state index is 0.775. The first kappa shape index (κ1) is 11.6. The number of hydrogen-bond donors (Lipinski definition) is 1. The number of rotatable bonds is 2. The highest BCUT2D eigenvalue weighted by molar-refractivity contribution is 6.34. The van der Waals surface area contributed by atoms with E-state index in [0.29, 0.717) is 0 Å². The van der Waals surface area contributed by atoms with E-state index in [9.17, 15) is 0 Å². The number of piperidine rings is 1. The minimum atomic E-state index is 0.775. The molecule has 1 atom stereocenters. The summed E-state index contributed by atoms with van der Waals surface area (Å²) in [6.45, 7) is 4.42. The molecule has 0 amide bonds. The Morgan fingerprint density at radius 2 is 2.31 bits per heavy atom. The lowest BCUT2D eigenvalue weighted by Gasteiger charge is -2.35. The summed E-state index contributed by atoms with van der Waals surface area (Å²) < 4.78 is 0. The van der Waals surface area contributed by atoms with Gasteiger partial charge in [0.15, 0.2) is 0 Å². The van der Waals surface area contributed by atoms with Gasteiger partial charge in [0.25, 0.3) is 0 Å². The second kappa shape index (κ2) is 4.96. The lowest BCUT2D eigenvalue weighted by Crippen LogP contribution is -2.35. The van der Waals surface area contributed by atoms with Crippen molar-refractivity contribution in [1.29, 1.82) is 0 Å². The fraction of sp³-hybridized carbons (Fsp3) is 0.538. The summed E-state index contributed by atoms with van der Waals surface area (Å²) in [5.74, 6) is 0.782. The fourth-order valence-electron chi connectivity index (χ4n) is 2.47. The molecule has 1 saturated heterocycles. The van der Waals surface area contributed by atoms with Crippen LogP contribution in [0, 0.1) is 5.92 Å². The Labute approximate surface area is 102 Å². The molecular weight excluding hydrogens is 220 g/mol. The molecule has 3 heteroatoms. The van der Waals surface area contributed by atoms with Gasteiger partial charge in [-0.1, -0.05) is 31.0 Å². The van der Waals surface area contributed by atoms with Crippen LogP contribution in [0.15, 0.2) is 18.2 Å². The molecule has 1 unspecified atom stereocenters. The normalized spacial score (nSPS) is 21.1. The Morgan fingerprint density at radius 1 is 1.50 bits per heavy atom. The fourth-order valence-corrected chi connectivity index (χ4v) is 2.77. The first-order valence-electron chi connectivity index (χ1n) is 6.01. The van der Waals surface area contributed by atoms with Crippen LogP contribution >= 0.6 is 11.6 Å². The van der Waals surface area contributed by atoms with Crippen LogP contribution < -0.4 is 10.6 Å². The van der Waals surface area contributed by atoms with Crippen LogP contribution in [-0.2, 0) is 0 Å². The van der Waals surface area contributed by atoms with Gasteiger partial charge in [-0.05, 0) is 30.9 Å². The number of nitrogens with zero attached hydrogens (tertiary/aromatic N) is 1. The summed E-state index contributed by atoms with van der Waals surface area (Å²) in [7, 11) is 0. The highest BCUT2D eigenvalue weighted by Gasteiger charge is 2.21. The first-order chi connectivity index (χ1) is 7.72. The largest absolute Gasteiger partial charge is 0.397 e. The van der Waals surface area contributed by atoms with E-state index < -0.39 is 0 Å². The van der Waals surface area contributed by atoms with Crippen molar-refractivity contribution in [2.45, 2.75) is 26.2 Å². The zero-order valence-corrected chi connectivity index (χ0v) is 10.5. The van der Waals surface area contributed by atoms with E-state index in [-0.39, 0.29) is 0 Å². The summed E-state index contributed by atoms with van der Waals surface area (Å²) in [6, 6.07) is 5.75. The van der Waals surface area contributed by atoms with Crippen molar-refractivity contribution in [1.82, 2.24) is 0 Å². The molecule has 2 nitrogen and oxygen atoms in total. The average molecular weight is 239 g/mol. The van der Waals surface area contributed by atoms with Gasteiger partial charge in [-0.25, -0.2) is 0 Å². The average Bonchev–Trinajstić information content (AvgIpc) is 2.29. The molecular formula is C13H19ClN2. The van der Waals surface area contributed by atoms with Crippen LogP contribution in [0.25, 0.3) is 0 Å². The molecule has 1 heterocycles. The number of halogens is 1. The summed E-state index contributed by atoms with van der Waals surface area (Å²) >= 11 is 6.23. The van der Waals surface area contributed by atoms with Crippen LogP contribution in [0.2, 0.25) is 5.02 Å². The monoisotopic (exact) mass is 238 g/mol. The Bertz CT molecular complexity index is 345. The molecule has 2 rings (SSSR count). The van der Waals surface area contributed by atoms with E-state index in [0.717, 1.165) is 35.4 Å². The zero-order valence-electron chi connectivity index (χ0n) is 9.75. The number of anilines is 2. The molecule has 0 aromatic heterocycles. The van der Waals surface area contributed by atoms with Crippen molar-refractivity contribution < 1.29 is 0 Å². The van der Waals surface area contributed by atoms with Gasteiger partial charge in [-0.15, -0.1) is 0 Å². The summed E-state index contributed by atoms with van der Waals surface area (Å²) in [6.07, 6.45) is 3.81. The van der Waals surface area contributed by atoms with Crippen molar-refractivity contribution in [3.8, 4) is 0 Å². The van der Waals surface area contributed by atoms with E-state index >= 15 is 0 Å². The molecule has 1 aromatic rings. The van der Waals surface area contributed by atoms with E-state index in [2.05, 4.69) is 11.8 Å². The number of para-hydroxylation sites is 1. The van der Waals surface area contributed by atoms with Gasteiger partial charge in [-0.2, -0.15) is 0 Å². The number of nitrogens with two attached hydrogens (primary N) is 1. The highest BCUT2D eigenvalue weighted by Crippen LogP contribution is 2.35. The SMILES string of the molecule is CCC1CCCN(c2c(N)cccc2Cl)C1. The number of benzene rings is 1. The Balaban J connectivity index is 2.23. The number of hydrogen-bond acceptors (Lipinski definition) is 2. The molecule has 2 N–H and O–H groups in total. The maximum atomic E-state index is 6.23. The molecule has 0 bridgehead atoms. The van der Waals surface area contributed by atoms with E-state index in [4.69, 9.17) is 17.3 Å². The third-order valence-corrected chi connectivity index (χ3v) is 3.74. The van der Waals surface area contributed by atoms with E-state index in [1.807, 2.05) is 18.2 Å². The molecule has 16 heavy (non-hydrogen) atoms. The minimum Gasteiger partial charge on any atom is -0.397 e. The molecule has 0 aliphatic carbocycles. The van der Waals surface area contributed by atoms with Gasteiger partial charge in [0, 0.05) is 13.1 Å². The van der Waals surface area contributed by atoms with Crippen LogP contribution in [0.5, 0.6) is 0 Å². The molecule has 0 radical (unpaired) electrons. The van der Waals surface area contributed by atoms with Crippen molar-refractivity contribution >= 4 is 23.0 Å². The van der Waals surface area contributed by atoms with E-state index in [1.165, 1.54) is 19.3 Å². The molecule has 1 aliphatic rings. The Kier molecular flexibility index (Phi) is 3.59. The molecule has 1 aromatic carbocycles. The first-order valence-corrected chi connectivity index (χ1v) is 6.39. The van der Waals surface area contributed by atoms with Crippen molar-refractivity contribution in [3.05, 3.63) is 23.2 Å². The molecule has 1 fully saturated rings. The van der Waals surface area contributed by atoms with Crippen molar-refractivity contribution in [2.75, 3.05) is 23.7 Å².